The SMILES string of the molecule is C=C(C)COC1CN(C(c2ccccc2)c2ccccc2)C1.C=C(C)COC1CNC1.Cl. The molecule has 2 aromatic rings. The molecule has 174 valence electrons. The number of nitrogens with zero attached hydrogens (tertiary/aromatic N) is 1. The molecule has 2 saturated heterocycles. The summed E-state index contributed by atoms with van der Waals surface area (Å²) >= 11 is 0. The molecule has 2 heterocycles. The number of benzene rings is 2. The Kier molecular flexibility index (Phi) is 11.1. The maximum absolute atomic E-state index is 5.85. The third-order valence-electron chi connectivity index (χ3n) is 5.35. The van der Waals surface area contributed by atoms with Crippen molar-refractivity contribution >= 4 is 12.4 Å². The van der Waals surface area contributed by atoms with E-state index < -0.39 is 0 Å². The molecule has 0 aliphatic carbocycles. The van der Waals surface area contributed by atoms with Gasteiger partial charge in [0.25, 0.3) is 0 Å². The first-order valence-electron chi connectivity index (χ1n) is 11.1. The molecule has 2 aromatic carbocycles. The molecule has 0 bridgehead atoms. The molecule has 0 spiro atoms. The van der Waals surface area contributed by atoms with Gasteiger partial charge in [0.1, 0.15) is 0 Å². The number of nitrogens with one attached hydrogen (secondary N) is 1. The van der Waals surface area contributed by atoms with Crippen LogP contribution in [-0.2, 0) is 9.47 Å². The molecule has 5 heteroatoms. The summed E-state index contributed by atoms with van der Waals surface area (Å²) in [6.45, 7) is 17.0. The summed E-state index contributed by atoms with van der Waals surface area (Å²) in [5, 5.41) is 3.13. The molecular weight excluding hydrogens is 420 g/mol. The number of halogens is 1. The molecule has 4 nitrogen and oxygen atoms in total. The summed E-state index contributed by atoms with van der Waals surface area (Å²) < 4.78 is 11.2. The fourth-order valence-corrected chi connectivity index (χ4v) is 3.57. The van der Waals surface area contributed by atoms with E-state index in [4.69, 9.17) is 9.47 Å². The Hall–Kier alpha value is -1.95. The van der Waals surface area contributed by atoms with Crippen LogP contribution in [0.1, 0.15) is 31.0 Å². The van der Waals surface area contributed by atoms with Crippen LogP contribution in [0, 0.1) is 0 Å². The third kappa shape index (κ3) is 8.19. The molecule has 0 amide bonds. The second-order valence-electron chi connectivity index (χ2n) is 8.62. The first-order chi connectivity index (χ1) is 15.0. The van der Waals surface area contributed by atoms with Gasteiger partial charge >= 0.3 is 0 Å². The lowest BCUT2D eigenvalue weighted by molar-refractivity contribution is -0.0588. The number of hydrogen-bond donors (Lipinski definition) is 1. The van der Waals surface area contributed by atoms with E-state index in [1.165, 1.54) is 11.1 Å². The molecule has 1 N–H and O–H groups in total. The Labute approximate surface area is 199 Å². The van der Waals surface area contributed by atoms with Gasteiger partial charge < -0.3 is 14.8 Å². The van der Waals surface area contributed by atoms with Crippen molar-refractivity contribution in [1.82, 2.24) is 10.2 Å². The quantitative estimate of drug-likeness (QED) is 0.537. The zero-order valence-electron chi connectivity index (χ0n) is 19.3. The molecule has 32 heavy (non-hydrogen) atoms. The predicted octanol–water partition coefficient (Wildman–Crippen LogP) is 5.03. The van der Waals surface area contributed by atoms with Crippen molar-refractivity contribution in [3.05, 3.63) is 96.1 Å². The zero-order chi connectivity index (χ0) is 22.1. The maximum Gasteiger partial charge on any atom is 0.0833 e. The standard InChI is InChI=1S/C20H23NO.C7H13NO.ClH/c1-16(2)15-22-19-13-21(14-19)20(17-9-5-3-6-10-17)18-11-7-4-8-12-18;1-6(2)5-9-7-3-8-4-7;/h3-12,19-20H,1,13-15H2,2H3;7-8H,1,3-5H2,2H3;1H. The van der Waals surface area contributed by atoms with E-state index in [9.17, 15) is 0 Å². The van der Waals surface area contributed by atoms with Crippen molar-refractivity contribution in [3.63, 3.8) is 0 Å². The lowest BCUT2D eigenvalue weighted by Gasteiger charge is -2.44. The van der Waals surface area contributed by atoms with Crippen LogP contribution in [0.5, 0.6) is 0 Å². The summed E-state index contributed by atoms with van der Waals surface area (Å²) in [4.78, 5) is 2.48. The Morgan fingerprint density at radius 3 is 1.66 bits per heavy atom. The van der Waals surface area contributed by atoms with Gasteiger partial charge in [-0.05, 0) is 25.0 Å². The lowest BCUT2D eigenvalue weighted by atomic mass is 9.94. The first kappa shape index (κ1) is 26.3. The molecule has 0 radical (unpaired) electrons. The van der Waals surface area contributed by atoms with Gasteiger partial charge in [-0.3, -0.25) is 4.90 Å². The van der Waals surface area contributed by atoms with E-state index in [1.807, 2.05) is 13.8 Å². The molecule has 4 rings (SSSR count). The highest BCUT2D eigenvalue weighted by Crippen LogP contribution is 2.32. The van der Waals surface area contributed by atoms with Crippen molar-refractivity contribution in [1.29, 1.82) is 0 Å². The fraction of sp³-hybridized carbons (Fsp3) is 0.407. The van der Waals surface area contributed by atoms with Crippen molar-refractivity contribution < 1.29 is 9.47 Å². The predicted molar refractivity (Wildman–Crippen MR) is 136 cm³/mol. The van der Waals surface area contributed by atoms with Crippen molar-refractivity contribution in [2.75, 3.05) is 39.4 Å². The van der Waals surface area contributed by atoms with Crippen LogP contribution >= 0.6 is 12.4 Å². The third-order valence-corrected chi connectivity index (χ3v) is 5.35. The van der Waals surface area contributed by atoms with E-state index in [1.54, 1.807) is 0 Å². The van der Waals surface area contributed by atoms with Crippen LogP contribution in [0.25, 0.3) is 0 Å². The van der Waals surface area contributed by atoms with Gasteiger partial charge in [-0.15, -0.1) is 12.4 Å². The van der Waals surface area contributed by atoms with Crippen LogP contribution in [0.3, 0.4) is 0 Å². The minimum Gasteiger partial charge on any atom is -0.371 e. The van der Waals surface area contributed by atoms with Gasteiger partial charge in [0.15, 0.2) is 0 Å². The maximum atomic E-state index is 5.85. The molecule has 2 aliphatic rings. The van der Waals surface area contributed by atoms with Gasteiger partial charge in [-0.1, -0.05) is 85.0 Å². The highest BCUT2D eigenvalue weighted by atomic mass is 35.5. The van der Waals surface area contributed by atoms with E-state index in [0.717, 1.165) is 37.3 Å². The number of ether oxygens (including phenoxy) is 2. The van der Waals surface area contributed by atoms with Gasteiger partial charge in [-0.25, -0.2) is 0 Å². The Morgan fingerprint density at radius 2 is 1.28 bits per heavy atom. The molecule has 0 unspecified atom stereocenters. The smallest absolute Gasteiger partial charge is 0.0833 e. The van der Waals surface area contributed by atoms with Crippen molar-refractivity contribution in [2.24, 2.45) is 0 Å². The Balaban J connectivity index is 0.000000307. The number of rotatable bonds is 9. The summed E-state index contributed by atoms with van der Waals surface area (Å²) in [5.41, 5.74) is 4.86. The largest absolute Gasteiger partial charge is 0.371 e. The van der Waals surface area contributed by atoms with Crippen LogP contribution in [0.2, 0.25) is 0 Å². The van der Waals surface area contributed by atoms with Crippen LogP contribution in [-0.4, -0.2) is 56.5 Å². The van der Waals surface area contributed by atoms with E-state index in [-0.39, 0.29) is 12.4 Å². The Bertz CT molecular complexity index is 779. The minimum absolute atomic E-state index is 0. The van der Waals surface area contributed by atoms with Crippen LogP contribution in [0.4, 0.5) is 0 Å². The Morgan fingerprint density at radius 1 is 0.844 bits per heavy atom. The van der Waals surface area contributed by atoms with Gasteiger partial charge in [0.05, 0.1) is 31.5 Å². The average molecular weight is 457 g/mol. The monoisotopic (exact) mass is 456 g/mol. The second-order valence-corrected chi connectivity index (χ2v) is 8.62. The molecule has 0 atom stereocenters. The summed E-state index contributed by atoms with van der Waals surface area (Å²) in [6, 6.07) is 21.7. The average Bonchev–Trinajstić information content (AvgIpc) is 2.70. The van der Waals surface area contributed by atoms with E-state index in [2.05, 4.69) is 84.0 Å². The fourth-order valence-electron chi connectivity index (χ4n) is 3.57. The minimum atomic E-state index is 0. The molecular formula is C27H37ClN2O2. The van der Waals surface area contributed by atoms with E-state index >= 15 is 0 Å². The summed E-state index contributed by atoms with van der Waals surface area (Å²) in [7, 11) is 0. The summed E-state index contributed by atoms with van der Waals surface area (Å²) in [5.74, 6) is 0. The summed E-state index contributed by atoms with van der Waals surface area (Å²) in [6.07, 6.45) is 0.772. The first-order valence-corrected chi connectivity index (χ1v) is 11.1. The topological polar surface area (TPSA) is 33.7 Å². The van der Waals surface area contributed by atoms with Gasteiger partial charge in [0.2, 0.25) is 0 Å². The second kappa shape index (κ2) is 13.6. The highest BCUT2D eigenvalue weighted by molar-refractivity contribution is 5.85. The molecule has 2 aliphatic heterocycles. The van der Waals surface area contributed by atoms with E-state index in [0.29, 0.717) is 31.5 Å². The van der Waals surface area contributed by atoms with Gasteiger partial charge in [-0.2, -0.15) is 0 Å². The van der Waals surface area contributed by atoms with Gasteiger partial charge in [0, 0.05) is 26.2 Å². The van der Waals surface area contributed by atoms with Crippen LogP contribution in [0.15, 0.2) is 85.0 Å². The lowest BCUT2D eigenvalue weighted by Crippen LogP contribution is -2.53. The van der Waals surface area contributed by atoms with Crippen LogP contribution < -0.4 is 5.32 Å². The number of hydrogen-bond acceptors (Lipinski definition) is 4. The van der Waals surface area contributed by atoms with Crippen molar-refractivity contribution in [2.45, 2.75) is 32.1 Å². The zero-order valence-corrected chi connectivity index (χ0v) is 20.2. The molecule has 2 fully saturated rings. The molecule has 0 saturated carbocycles. The van der Waals surface area contributed by atoms with Crippen molar-refractivity contribution in [3.8, 4) is 0 Å². The normalized spacial score (nSPS) is 16.2. The highest BCUT2D eigenvalue weighted by Gasteiger charge is 2.34. The molecule has 0 aromatic heterocycles. The number of likely N-dealkylation sites (tertiary alicyclic amines) is 1.